The van der Waals surface area contributed by atoms with Crippen LogP contribution in [-0.2, 0) is 4.79 Å². The number of carbonyl (C=O) groups excluding carboxylic acids is 1. The number of carbonyl (C=O) groups is 1. The molecule has 0 saturated carbocycles. The van der Waals surface area contributed by atoms with E-state index in [0.29, 0.717) is 9.23 Å². The first-order chi connectivity index (χ1) is 12.1. The molecule has 0 atom stereocenters. The fraction of sp³-hybridized carbons (Fsp3) is 0.0556. The lowest BCUT2D eigenvalue weighted by atomic mass is 10.2. The van der Waals surface area contributed by atoms with E-state index in [2.05, 4.69) is 10.4 Å². The summed E-state index contributed by atoms with van der Waals surface area (Å²) in [6.07, 6.45) is 1.82. The van der Waals surface area contributed by atoms with E-state index < -0.39 is 0 Å². The number of anilines is 1. The minimum absolute atomic E-state index is 0.0936. The van der Waals surface area contributed by atoms with Gasteiger partial charge in [-0.1, -0.05) is 41.7 Å². The van der Waals surface area contributed by atoms with Gasteiger partial charge in [-0.3, -0.25) is 9.69 Å². The molecule has 1 aliphatic heterocycles. The van der Waals surface area contributed by atoms with Crippen LogP contribution in [0.1, 0.15) is 11.3 Å². The Hall–Kier alpha value is -1.80. The number of aryl methyl sites for hydroxylation is 1. The zero-order chi connectivity index (χ0) is 17.4. The summed E-state index contributed by atoms with van der Waals surface area (Å²) in [5.41, 5.74) is 3.85. The van der Waals surface area contributed by atoms with E-state index >= 15 is 0 Å². The quantitative estimate of drug-likeness (QED) is 0.424. The highest BCUT2D eigenvalue weighted by atomic mass is 32.2. The molecule has 3 nitrogen and oxygen atoms in total. The molecule has 0 spiro atoms. The Morgan fingerprint density at radius 3 is 2.68 bits per heavy atom. The van der Waals surface area contributed by atoms with Crippen molar-refractivity contribution in [2.75, 3.05) is 4.90 Å². The number of rotatable bonds is 3. The van der Waals surface area contributed by atoms with E-state index in [1.807, 2.05) is 54.1 Å². The lowest BCUT2D eigenvalue weighted by molar-refractivity contribution is -0.113. The molecule has 0 radical (unpaired) electrons. The van der Waals surface area contributed by atoms with Crippen molar-refractivity contribution in [3.05, 3.63) is 62.6 Å². The molecule has 4 rings (SSSR count). The van der Waals surface area contributed by atoms with Crippen molar-refractivity contribution in [3.63, 3.8) is 0 Å². The van der Waals surface area contributed by atoms with Gasteiger partial charge in [-0.15, -0.1) is 11.3 Å². The molecule has 1 saturated heterocycles. The summed E-state index contributed by atoms with van der Waals surface area (Å²) in [5.74, 6) is -0.0936. The first-order valence-electron chi connectivity index (χ1n) is 7.44. The van der Waals surface area contributed by atoms with E-state index in [1.165, 1.54) is 11.8 Å². The summed E-state index contributed by atoms with van der Waals surface area (Å²) in [5, 5.41) is 7.02. The van der Waals surface area contributed by atoms with Gasteiger partial charge in [0.15, 0.2) is 4.32 Å². The Morgan fingerprint density at radius 2 is 1.96 bits per heavy atom. The number of aromatic nitrogens is 1. The number of thiazole rings is 1. The maximum atomic E-state index is 12.8. The van der Waals surface area contributed by atoms with Crippen LogP contribution in [0.3, 0.4) is 0 Å². The number of benzene rings is 1. The minimum Gasteiger partial charge on any atom is -0.268 e. The van der Waals surface area contributed by atoms with Crippen molar-refractivity contribution >= 4 is 68.6 Å². The third-order valence-corrected chi connectivity index (χ3v) is 6.55. The lowest BCUT2D eigenvalue weighted by Crippen LogP contribution is -2.27. The van der Waals surface area contributed by atoms with Crippen molar-refractivity contribution in [3.8, 4) is 10.6 Å². The van der Waals surface area contributed by atoms with Crippen LogP contribution in [0.2, 0.25) is 0 Å². The first kappa shape index (κ1) is 16.7. The molecule has 0 bridgehead atoms. The molecule has 7 heteroatoms. The number of hydrogen-bond acceptors (Lipinski definition) is 6. The lowest BCUT2D eigenvalue weighted by Gasteiger charge is -2.14. The second kappa shape index (κ2) is 6.84. The van der Waals surface area contributed by atoms with Gasteiger partial charge in [0.05, 0.1) is 16.3 Å². The Bertz CT molecular complexity index is 971. The topological polar surface area (TPSA) is 33.2 Å². The Balaban J connectivity index is 1.61. The average Bonchev–Trinajstić information content (AvgIpc) is 3.31. The van der Waals surface area contributed by atoms with Gasteiger partial charge >= 0.3 is 0 Å². The van der Waals surface area contributed by atoms with E-state index in [4.69, 9.17) is 12.2 Å². The third kappa shape index (κ3) is 3.32. The SMILES string of the molecule is Cc1ccc(N2C(=O)C(=Cc3csc(-c4ccsc4)n3)SC2=S)cc1. The van der Waals surface area contributed by atoms with Crippen molar-refractivity contribution in [2.24, 2.45) is 0 Å². The molecule has 0 N–H and O–H groups in total. The molecule has 124 valence electrons. The van der Waals surface area contributed by atoms with Crippen LogP contribution in [0.4, 0.5) is 5.69 Å². The molecule has 3 heterocycles. The maximum absolute atomic E-state index is 12.8. The third-order valence-electron chi connectivity index (χ3n) is 3.65. The number of hydrogen-bond donors (Lipinski definition) is 0. The summed E-state index contributed by atoms with van der Waals surface area (Å²) < 4.78 is 0.549. The van der Waals surface area contributed by atoms with Gasteiger partial charge in [0, 0.05) is 16.3 Å². The van der Waals surface area contributed by atoms with Crippen LogP contribution in [0.5, 0.6) is 0 Å². The highest BCUT2D eigenvalue weighted by Gasteiger charge is 2.33. The van der Waals surface area contributed by atoms with Gasteiger partial charge in [0.25, 0.3) is 5.91 Å². The van der Waals surface area contributed by atoms with Crippen LogP contribution in [0.25, 0.3) is 16.6 Å². The molecular formula is C18H12N2OS4. The Kier molecular flexibility index (Phi) is 4.56. The normalized spacial score (nSPS) is 16.2. The summed E-state index contributed by atoms with van der Waals surface area (Å²) in [6.45, 7) is 2.02. The van der Waals surface area contributed by atoms with Gasteiger partial charge in [0.2, 0.25) is 0 Å². The van der Waals surface area contributed by atoms with Crippen molar-refractivity contribution in [2.45, 2.75) is 6.92 Å². The predicted octanol–water partition coefficient (Wildman–Crippen LogP) is 5.59. The van der Waals surface area contributed by atoms with Gasteiger partial charge in [-0.2, -0.15) is 11.3 Å². The van der Waals surface area contributed by atoms with E-state index in [9.17, 15) is 4.79 Å². The predicted molar refractivity (Wildman–Crippen MR) is 112 cm³/mol. The van der Waals surface area contributed by atoms with Crippen molar-refractivity contribution in [1.29, 1.82) is 0 Å². The molecule has 1 aromatic carbocycles. The fourth-order valence-corrected chi connectivity index (χ4v) is 5.16. The smallest absolute Gasteiger partial charge is 0.268 e. The van der Waals surface area contributed by atoms with Crippen LogP contribution in [-0.4, -0.2) is 15.2 Å². The maximum Gasteiger partial charge on any atom is 0.270 e. The van der Waals surface area contributed by atoms with E-state index in [-0.39, 0.29) is 5.91 Å². The van der Waals surface area contributed by atoms with Crippen LogP contribution < -0.4 is 4.90 Å². The largest absolute Gasteiger partial charge is 0.270 e. The second-order valence-corrected chi connectivity index (χ2v) is 8.76. The molecule has 25 heavy (non-hydrogen) atoms. The summed E-state index contributed by atoms with van der Waals surface area (Å²) in [7, 11) is 0. The molecular weight excluding hydrogens is 388 g/mol. The summed E-state index contributed by atoms with van der Waals surface area (Å²) in [6, 6.07) is 9.83. The number of thiophene rings is 1. The van der Waals surface area contributed by atoms with E-state index in [1.54, 1.807) is 27.6 Å². The molecule has 0 unspecified atom stereocenters. The molecule has 3 aromatic rings. The van der Waals surface area contributed by atoms with Gasteiger partial charge in [-0.05, 0) is 36.6 Å². The highest BCUT2D eigenvalue weighted by Crippen LogP contribution is 2.36. The van der Waals surface area contributed by atoms with Gasteiger partial charge in [0.1, 0.15) is 5.01 Å². The summed E-state index contributed by atoms with van der Waals surface area (Å²) in [4.78, 5) is 19.6. The van der Waals surface area contributed by atoms with Gasteiger partial charge < -0.3 is 0 Å². The van der Waals surface area contributed by atoms with Crippen molar-refractivity contribution < 1.29 is 4.79 Å². The zero-order valence-electron chi connectivity index (χ0n) is 13.1. The average molecular weight is 401 g/mol. The Morgan fingerprint density at radius 1 is 1.16 bits per heavy atom. The second-order valence-electron chi connectivity index (χ2n) is 5.44. The zero-order valence-corrected chi connectivity index (χ0v) is 16.4. The van der Waals surface area contributed by atoms with Crippen LogP contribution in [0, 0.1) is 6.92 Å². The fourth-order valence-electron chi connectivity index (χ4n) is 2.39. The van der Waals surface area contributed by atoms with Crippen LogP contribution in [0.15, 0.2) is 51.4 Å². The molecule has 0 aliphatic carbocycles. The minimum atomic E-state index is -0.0936. The molecule has 1 fully saturated rings. The molecule has 2 aromatic heterocycles. The molecule has 1 aliphatic rings. The van der Waals surface area contributed by atoms with E-state index in [0.717, 1.165) is 27.5 Å². The standard InChI is InChI=1S/C18H12N2OS4/c1-11-2-4-14(5-3-11)20-17(21)15(25-18(20)22)8-13-10-24-16(19-13)12-6-7-23-9-12/h2-10H,1H3. The summed E-state index contributed by atoms with van der Waals surface area (Å²) >= 11 is 9.95. The number of thiocarbonyl (C=S) groups is 1. The van der Waals surface area contributed by atoms with Crippen LogP contribution >= 0.6 is 46.7 Å². The highest BCUT2D eigenvalue weighted by molar-refractivity contribution is 8.27. The number of thioether (sulfide) groups is 1. The van der Waals surface area contributed by atoms with Crippen molar-refractivity contribution in [1.82, 2.24) is 4.98 Å². The Labute approximate surface area is 163 Å². The number of nitrogens with zero attached hydrogens (tertiary/aromatic N) is 2. The number of amides is 1. The first-order valence-corrected chi connectivity index (χ1v) is 10.5. The monoisotopic (exact) mass is 400 g/mol. The molecule has 1 amide bonds. The van der Waals surface area contributed by atoms with Gasteiger partial charge in [-0.25, -0.2) is 4.98 Å².